The van der Waals surface area contributed by atoms with Crippen molar-refractivity contribution in [3.8, 4) is 0 Å². The van der Waals surface area contributed by atoms with Crippen molar-refractivity contribution in [2.45, 2.75) is 0 Å². The molecule has 5 nitrogen and oxygen atoms in total. The number of benzene rings is 2. The largest absolute Gasteiger partial charge is 0.478 e. The Hall–Kier alpha value is -1.67. The minimum Gasteiger partial charge on any atom is -0.478 e. The van der Waals surface area contributed by atoms with Gasteiger partial charge < -0.3 is 10.4 Å². The Bertz CT molecular complexity index is 805. The molecule has 0 unspecified atom stereocenters. The average molecular weight is 448 g/mol. The van der Waals surface area contributed by atoms with Crippen LogP contribution in [-0.2, 0) is 0 Å². The van der Waals surface area contributed by atoms with E-state index in [0.717, 1.165) is 4.47 Å². The number of anilines is 1. The quantitative estimate of drug-likeness (QED) is 0.600. The SMILES string of the molecule is O=C(O)c1cc(Cl)c(NC(=S)NC(=O)c2ccc(Br)cc2)c(Cl)c1. The second-order valence-electron chi connectivity index (χ2n) is 4.54. The number of hydrogen-bond acceptors (Lipinski definition) is 3. The molecule has 2 rings (SSSR count). The van der Waals surface area contributed by atoms with Gasteiger partial charge in [-0.05, 0) is 48.6 Å². The lowest BCUT2D eigenvalue weighted by molar-refractivity contribution is 0.0696. The van der Waals surface area contributed by atoms with Crippen LogP contribution in [0.2, 0.25) is 10.0 Å². The fraction of sp³-hybridized carbons (Fsp3) is 0. The fourth-order valence-corrected chi connectivity index (χ4v) is 2.78. The number of amides is 1. The second-order valence-corrected chi connectivity index (χ2v) is 6.67. The Morgan fingerprint density at radius 1 is 1.04 bits per heavy atom. The number of hydrogen-bond donors (Lipinski definition) is 3. The van der Waals surface area contributed by atoms with Crippen molar-refractivity contribution in [2.75, 3.05) is 5.32 Å². The number of thiocarbonyl (C=S) groups is 1. The maximum absolute atomic E-state index is 12.1. The highest BCUT2D eigenvalue weighted by molar-refractivity contribution is 9.10. The Morgan fingerprint density at radius 3 is 2.08 bits per heavy atom. The van der Waals surface area contributed by atoms with Gasteiger partial charge in [0.25, 0.3) is 5.91 Å². The summed E-state index contributed by atoms with van der Waals surface area (Å²) in [5, 5.41) is 14.2. The van der Waals surface area contributed by atoms with Crippen molar-refractivity contribution in [1.29, 1.82) is 0 Å². The van der Waals surface area contributed by atoms with Gasteiger partial charge in [-0.15, -0.1) is 0 Å². The fourth-order valence-electron chi connectivity index (χ4n) is 1.74. The predicted molar refractivity (Wildman–Crippen MR) is 101 cm³/mol. The van der Waals surface area contributed by atoms with E-state index >= 15 is 0 Å². The molecule has 0 heterocycles. The van der Waals surface area contributed by atoms with Crippen LogP contribution in [0.25, 0.3) is 0 Å². The van der Waals surface area contributed by atoms with Gasteiger partial charge in [-0.2, -0.15) is 0 Å². The lowest BCUT2D eigenvalue weighted by atomic mass is 10.2. The summed E-state index contributed by atoms with van der Waals surface area (Å²) in [6.07, 6.45) is 0. The first-order chi connectivity index (χ1) is 11.3. The first-order valence-electron chi connectivity index (χ1n) is 6.38. The zero-order valence-corrected chi connectivity index (χ0v) is 15.7. The molecule has 0 aliphatic heterocycles. The summed E-state index contributed by atoms with van der Waals surface area (Å²) in [6, 6.07) is 9.18. The Morgan fingerprint density at radius 2 is 1.58 bits per heavy atom. The molecule has 2 aromatic rings. The van der Waals surface area contributed by atoms with Crippen LogP contribution in [0.5, 0.6) is 0 Å². The Kier molecular flexibility index (Phi) is 6.17. The van der Waals surface area contributed by atoms with Crippen molar-refractivity contribution in [2.24, 2.45) is 0 Å². The standard InChI is InChI=1S/C15H9BrCl2N2O3S/c16-9-3-1-7(2-4-9)13(21)20-15(24)19-12-10(17)5-8(14(22)23)6-11(12)18/h1-6H,(H,22,23)(H2,19,20,21,24). The molecule has 124 valence electrons. The van der Waals surface area contributed by atoms with E-state index in [0.29, 0.717) is 5.56 Å². The van der Waals surface area contributed by atoms with Crippen LogP contribution in [0.1, 0.15) is 20.7 Å². The van der Waals surface area contributed by atoms with Crippen molar-refractivity contribution in [1.82, 2.24) is 5.32 Å². The molecule has 0 atom stereocenters. The molecule has 0 saturated heterocycles. The zero-order chi connectivity index (χ0) is 17.9. The summed E-state index contributed by atoms with van der Waals surface area (Å²) in [5.74, 6) is -1.56. The van der Waals surface area contributed by atoms with E-state index in [1.54, 1.807) is 24.3 Å². The van der Waals surface area contributed by atoms with Crippen LogP contribution in [0.3, 0.4) is 0 Å². The van der Waals surface area contributed by atoms with Gasteiger partial charge in [0.15, 0.2) is 5.11 Å². The Balaban J connectivity index is 2.11. The van der Waals surface area contributed by atoms with Crippen molar-refractivity contribution in [3.63, 3.8) is 0 Å². The topological polar surface area (TPSA) is 78.4 Å². The summed E-state index contributed by atoms with van der Waals surface area (Å²) < 4.78 is 0.844. The van der Waals surface area contributed by atoms with E-state index in [1.165, 1.54) is 12.1 Å². The second kappa shape index (κ2) is 7.94. The van der Waals surface area contributed by atoms with E-state index in [1.807, 2.05) is 0 Å². The lowest BCUT2D eigenvalue weighted by Gasteiger charge is -2.13. The van der Waals surface area contributed by atoms with Gasteiger partial charge in [0, 0.05) is 10.0 Å². The van der Waals surface area contributed by atoms with Crippen LogP contribution >= 0.6 is 51.3 Å². The maximum Gasteiger partial charge on any atom is 0.335 e. The van der Waals surface area contributed by atoms with Gasteiger partial charge in [0.05, 0.1) is 21.3 Å². The van der Waals surface area contributed by atoms with Crippen LogP contribution in [0.15, 0.2) is 40.9 Å². The van der Waals surface area contributed by atoms with Crippen molar-refractivity contribution in [3.05, 3.63) is 62.0 Å². The van der Waals surface area contributed by atoms with Gasteiger partial charge >= 0.3 is 5.97 Å². The molecular formula is C15H9BrCl2N2O3S. The molecule has 2 aromatic carbocycles. The number of rotatable bonds is 3. The van der Waals surface area contributed by atoms with E-state index in [2.05, 4.69) is 26.6 Å². The smallest absolute Gasteiger partial charge is 0.335 e. The first-order valence-corrected chi connectivity index (χ1v) is 8.34. The van der Waals surface area contributed by atoms with E-state index in [4.69, 9.17) is 40.5 Å². The molecule has 0 aliphatic carbocycles. The molecule has 0 aromatic heterocycles. The van der Waals surface area contributed by atoms with Crippen molar-refractivity contribution < 1.29 is 14.7 Å². The first kappa shape index (κ1) is 18.7. The third-order valence-electron chi connectivity index (χ3n) is 2.86. The summed E-state index contributed by atoms with van der Waals surface area (Å²) in [4.78, 5) is 23.0. The number of halogens is 3. The normalized spacial score (nSPS) is 10.1. The minimum atomic E-state index is -1.16. The maximum atomic E-state index is 12.1. The molecule has 1 amide bonds. The molecule has 0 bridgehead atoms. The number of carboxylic acid groups (broad SMARTS) is 1. The summed E-state index contributed by atoms with van der Waals surface area (Å²) >= 11 is 20.3. The van der Waals surface area contributed by atoms with E-state index in [-0.39, 0.29) is 26.4 Å². The predicted octanol–water partition coefficient (Wildman–Crippen LogP) is 4.58. The number of carbonyl (C=O) groups excluding carboxylic acids is 1. The third-order valence-corrected chi connectivity index (χ3v) is 4.19. The molecule has 0 aliphatic rings. The lowest BCUT2D eigenvalue weighted by Crippen LogP contribution is -2.34. The molecule has 24 heavy (non-hydrogen) atoms. The number of nitrogens with one attached hydrogen (secondary N) is 2. The molecule has 0 spiro atoms. The molecule has 0 radical (unpaired) electrons. The van der Waals surface area contributed by atoms with Gasteiger partial charge in [-0.3, -0.25) is 10.1 Å². The van der Waals surface area contributed by atoms with Gasteiger partial charge in [0.2, 0.25) is 0 Å². The summed E-state index contributed by atoms with van der Waals surface area (Å²) in [6.45, 7) is 0. The molecule has 9 heteroatoms. The van der Waals surface area contributed by atoms with Gasteiger partial charge in [0.1, 0.15) is 0 Å². The highest BCUT2D eigenvalue weighted by Crippen LogP contribution is 2.31. The molecule has 0 fully saturated rings. The third kappa shape index (κ3) is 4.67. The van der Waals surface area contributed by atoms with Gasteiger partial charge in [-0.25, -0.2) is 4.79 Å². The highest BCUT2D eigenvalue weighted by atomic mass is 79.9. The molecule has 3 N–H and O–H groups in total. The summed E-state index contributed by atoms with van der Waals surface area (Å²) in [7, 11) is 0. The molecular weight excluding hydrogens is 439 g/mol. The summed E-state index contributed by atoms with van der Waals surface area (Å²) in [5.41, 5.74) is 0.575. The van der Waals surface area contributed by atoms with Gasteiger partial charge in [-0.1, -0.05) is 39.1 Å². The van der Waals surface area contributed by atoms with E-state index < -0.39 is 11.9 Å². The number of carbonyl (C=O) groups is 2. The van der Waals surface area contributed by atoms with Crippen molar-refractivity contribution >= 4 is 74.0 Å². The van der Waals surface area contributed by atoms with E-state index in [9.17, 15) is 9.59 Å². The monoisotopic (exact) mass is 446 g/mol. The highest BCUT2D eigenvalue weighted by Gasteiger charge is 2.14. The molecule has 0 saturated carbocycles. The average Bonchev–Trinajstić information content (AvgIpc) is 2.51. The minimum absolute atomic E-state index is 0.0187. The van der Waals surface area contributed by atoms with Crippen LogP contribution in [0.4, 0.5) is 5.69 Å². The van der Waals surface area contributed by atoms with Crippen LogP contribution in [-0.4, -0.2) is 22.1 Å². The Labute approximate surface area is 161 Å². The number of carboxylic acids is 1. The zero-order valence-electron chi connectivity index (χ0n) is 11.8. The van der Waals surface area contributed by atoms with Crippen LogP contribution < -0.4 is 10.6 Å². The van der Waals surface area contributed by atoms with Crippen LogP contribution in [0, 0.1) is 0 Å². The number of aromatic carboxylic acids is 1.